The molecule has 0 aliphatic carbocycles. The highest BCUT2D eigenvalue weighted by atomic mass is 19.1. The van der Waals surface area contributed by atoms with Crippen LogP contribution in [0.1, 0.15) is 34.6 Å². The molecule has 1 aromatic carbocycles. The molecule has 1 rings (SSSR count). The Balaban J connectivity index is 2.85. The fourth-order valence-corrected chi connectivity index (χ4v) is 1.69. The quantitative estimate of drug-likeness (QED) is 0.896. The number of benzene rings is 1. The smallest absolute Gasteiger partial charge is 0.408 e. The van der Waals surface area contributed by atoms with Gasteiger partial charge < -0.3 is 15.2 Å². The molecule has 116 valence electrons. The number of nitrogens with one attached hydrogen (secondary N) is 1. The lowest BCUT2D eigenvalue weighted by Gasteiger charge is -2.28. The number of carboxylic acids is 1. The average Bonchev–Trinajstić information content (AvgIpc) is 2.40. The van der Waals surface area contributed by atoms with E-state index in [0.29, 0.717) is 5.56 Å². The summed E-state index contributed by atoms with van der Waals surface area (Å²) < 4.78 is 25.2. The van der Waals surface area contributed by atoms with Crippen LogP contribution in [0.25, 0.3) is 0 Å². The first-order valence-corrected chi connectivity index (χ1v) is 6.36. The monoisotopic (exact) mass is 298 g/mol. The summed E-state index contributed by atoms with van der Waals surface area (Å²) in [6.45, 7) is 4.30. The number of hydrogen-bond donors (Lipinski definition) is 2. The third kappa shape index (κ3) is 5.41. The molecule has 0 aromatic heterocycles. The number of carboxylic acid groups (broad SMARTS) is 1. The van der Waals surface area contributed by atoms with Gasteiger partial charge in [0.25, 0.3) is 0 Å². The van der Waals surface area contributed by atoms with Crippen molar-refractivity contribution in [3.05, 3.63) is 35.6 Å². The van der Waals surface area contributed by atoms with Crippen molar-refractivity contribution in [2.75, 3.05) is 0 Å². The van der Waals surface area contributed by atoms with Gasteiger partial charge in [-0.05, 0) is 45.4 Å². The van der Waals surface area contributed by atoms with Crippen LogP contribution in [0.15, 0.2) is 24.3 Å². The summed E-state index contributed by atoms with van der Waals surface area (Å²) in [7, 11) is 0. The van der Waals surface area contributed by atoms with E-state index in [1.807, 2.05) is 0 Å². The molecule has 1 atom stereocenters. The highest BCUT2D eigenvalue weighted by Crippen LogP contribution is 2.16. The zero-order valence-corrected chi connectivity index (χ0v) is 12.3. The Kier molecular flexibility index (Phi) is 4.45. The second kappa shape index (κ2) is 6.11. The van der Waals surface area contributed by atoms with Gasteiger partial charge in [0.15, 0.2) is 0 Å². The Morgan fingerprint density at radius 1 is 1.33 bits per heavy atom. The van der Waals surface area contributed by atoms with E-state index < -0.39 is 29.0 Å². The minimum absolute atomic E-state index is 0.0288. The van der Waals surface area contributed by atoms with Crippen LogP contribution in [0.5, 0.6) is 0 Å². The van der Waals surface area contributed by atoms with Gasteiger partial charge in [-0.1, -0.05) is 12.1 Å². The predicted molar refractivity (Wildman–Crippen MR) is 75.5 cm³/mol. The lowest BCUT2D eigenvalue weighted by atomic mass is 9.93. The maximum absolute atomic E-state index is 12.9. The molecule has 0 fully saturated rings. The number of ether oxygens (including phenoxy) is 1. The second-order valence-corrected chi connectivity index (χ2v) is 5.71. The largest absolute Gasteiger partial charge is 0.480 e. The van der Waals surface area contributed by atoms with Gasteiger partial charge in [-0.25, -0.2) is 14.0 Å². The van der Waals surface area contributed by atoms with Crippen LogP contribution in [0.4, 0.5) is 9.18 Å². The molecule has 0 bridgehead atoms. The lowest BCUT2D eigenvalue weighted by Crippen LogP contribution is -2.54. The third-order valence-corrected chi connectivity index (χ3v) is 2.69. The van der Waals surface area contributed by atoms with Crippen molar-refractivity contribution in [1.29, 1.82) is 0 Å². The second-order valence-electron chi connectivity index (χ2n) is 5.71. The Morgan fingerprint density at radius 3 is 2.38 bits per heavy atom. The van der Waals surface area contributed by atoms with Crippen molar-refractivity contribution in [2.45, 2.75) is 45.2 Å². The molecule has 5 nitrogen and oxygen atoms in total. The summed E-state index contributed by atoms with van der Waals surface area (Å²) in [5.41, 5.74) is -2.06. The molecule has 0 spiro atoms. The zero-order valence-electron chi connectivity index (χ0n) is 13.3. The van der Waals surface area contributed by atoms with Crippen molar-refractivity contribution in [3.63, 3.8) is 0 Å². The Bertz CT molecular complexity index is 547. The fraction of sp³-hybridized carbons (Fsp3) is 0.467. The van der Waals surface area contributed by atoms with Crippen molar-refractivity contribution in [1.82, 2.24) is 5.32 Å². The number of amides is 1. The topological polar surface area (TPSA) is 75.6 Å². The van der Waals surface area contributed by atoms with Crippen molar-refractivity contribution < 1.29 is 25.2 Å². The third-order valence-electron chi connectivity index (χ3n) is 2.69. The molecular formula is C15H20FNO4. The van der Waals surface area contributed by atoms with Gasteiger partial charge in [0.2, 0.25) is 0 Å². The van der Waals surface area contributed by atoms with Crippen LogP contribution in [0.2, 0.25) is 0 Å². The highest BCUT2D eigenvalue weighted by molar-refractivity contribution is 5.84. The number of rotatable bonds is 4. The van der Waals surface area contributed by atoms with Crippen molar-refractivity contribution in [2.24, 2.45) is 0 Å². The maximum Gasteiger partial charge on any atom is 0.408 e. The van der Waals surface area contributed by atoms with Gasteiger partial charge >= 0.3 is 12.1 Å². The number of halogens is 1. The van der Waals surface area contributed by atoms with E-state index in [1.54, 1.807) is 13.8 Å². The Hall–Kier alpha value is -2.11. The standard InChI is InChI=1S/C15H20FNO4/c1-14(2,3)21-13(20)17-15(4,12(18)19)9-10-5-7-11(16)8-6-10/h5-8H,9H2,1-4H3,(H,17,20)(H,18,19)/t15-/m0/s1/i1D. The summed E-state index contributed by atoms with van der Waals surface area (Å²) in [5.74, 6) is -1.66. The Morgan fingerprint density at radius 2 is 1.90 bits per heavy atom. The molecule has 0 saturated heterocycles. The van der Waals surface area contributed by atoms with Gasteiger partial charge in [0.1, 0.15) is 17.0 Å². The molecule has 0 heterocycles. The first-order valence-electron chi connectivity index (χ1n) is 7.07. The van der Waals surface area contributed by atoms with Crippen LogP contribution < -0.4 is 5.32 Å². The van der Waals surface area contributed by atoms with E-state index in [-0.39, 0.29) is 13.3 Å². The van der Waals surface area contributed by atoms with E-state index in [0.717, 1.165) is 0 Å². The normalized spacial score (nSPS) is 14.8. The van der Waals surface area contributed by atoms with E-state index in [1.165, 1.54) is 31.2 Å². The maximum atomic E-state index is 12.9. The van der Waals surface area contributed by atoms with E-state index in [9.17, 15) is 19.1 Å². The number of alkyl carbamates (subject to hydrolysis) is 1. The molecule has 0 aliphatic heterocycles. The summed E-state index contributed by atoms with van der Waals surface area (Å²) in [5, 5.41) is 11.7. The minimum atomic E-state index is -1.60. The van der Waals surface area contributed by atoms with Gasteiger partial charge in [-0.3, -0.25) is 0 Å². The van der Waals surface area contributed by atoms with Gasteiger partial charge in [0.05, 0.1) is 0 Å². The van der Waals surface area contributed by atoms with Crippen LogP contribution in [-0.4, -0.2) is 28.3 Å². The van der Waals surface area contributed by atoms with Crippen LogP contribution in [-0.2, 0) is 16.0 Å². The summed E-state index contributed by atoms with van der Waals surface area (Å²) in [6.07, 6.45) is -0.941. The number of carbonyl (C=O) groups excluding carboxylic acids is 1. The molecule has 6 heteroatoms. The first kappa shape index (κ1) is 15.3. The first-order chi connectivity index (χ1) is 10.1. The summed E-state index contributed by atoms with van der Waals surface area (Å²) >= 11 is 0. The van der Waals surface area contributed by atoms with E-state index in [2.05, 4.69) is 5.32 Å². The average molecular weight is 298 g/mol. The fourth-order valence-electron chi connectivity index (χ4n) is 1.69. The lowest BCUT2D eigenvalue weighted by molar-refractivity contribution is -0.144. The molecule has 0 aliphatic rings. The predicted octanol–water partition coefficient (Wildman–Crippen LogP) is 2.74. The number of aliphatic carboxylic acids is 1. The molecule has 1 aromatic rings. The molecule has 21 heavy (non-hydrogen) atoms. The van der Waals surface area contributed by atoms with E-state index >= 15 is 0 Å². The SMILES string of the molecule is [2H]CC(C)(C)OC(=O)N[C@@](C)(Cc1ccc(F)cc1)C(=O)O. The molecule has 1 amide bonds. The Labute approximate surface area is 124 Å². The highest BCUT2D eigenvalue weighted by Gasteiger charge is 2.36. The zero-order chi connectivity index (χ0) is 17.0. The van der Waals surface area contributed by atoms with Gasteiger partial charge in [0, 0.05) is 7.79 Å². The summed E-state index contributed by atoms with van der Waals surface area (Å²) in [4.78, 5) is 23.3. The minimum Gasteiger partial charge on any atom is -0.480 e. The van der Waals surface area contributed by atoms with Crippen molar-refractivity contribution in [3.8, 4) is 0 Å². The molecular weight excluding hydrogens is 277 g/mol. The van der Waals surface area contributed by atoms with Gasteiger partial charge in [-0.2, -0.15) is 0 Å². The van der Waals surface area contributed by atoms with Crippen LogP contribution >= 0.6 is 0 Å². The number of hydrogen-bond acceptors (Lipinski definition) is 3. The van der Waals surface area contributed by atoms with Crippen molar-refractivity contribution >= 4 is 12.1 Å². The van der Waals surface area contributed by atoms with E-state index in [4.69, 9.17) is 6.11 Å². The molecule has 0 saturated carbocycles. The van der Waals surface area contributed by atoms with Gasteiger partial charge in [-0.15, -0.1) is 0 Å². The van der Waals surface area contributed by atoms with Crippen LogP contribution in [0.3, 0.4) is 0 Å². The molecule has 2 N–H and O–H groups in total. The number of carbonyl (C=O) groups is 2. The molecule has 0 radical (unpaired) electrons. The summed E-state index contributed by atoms with van der Waals surface area (Å²) in [6, 6.07) is 5.35. The molecule has 0 unspecified atom stereocenters. The van der Waals surface area contributed by atoms with Crippen LogP contribution in [0, 0.1) is 5.82 Å².